The summed E-state index contributed by atoms with van der Waals surface area (Å²) in [6, 6.07) is 9.77. The van der Waals surface area contributed by atoms with Crippen molar-refractivity contribution < 1.29 is 13.2 Å². The Hall–Kier alpha value is -2.16. The number of nitrogens with zero attached hydrogens (tertiary/aromatic N) is 4. The second kappa shape index (κ2) is 8.24. The van der Waals surface area contributed by atoms with E-state index in [2.05, 4.69) is 9.88 Å². The molecular formula is C18H21ClN4O3S. The third kappa shape index (κ3) is 4.58. The highest BCUT2D eigenvalue weighted by Crippen LogP contribution is 2.18. The number of likely N-dealkylation sites (N-methyl/N-ethyl adjacent to an activating group) is 1. The van der Waals surface area contributed by atoms with Gasteiger partial charge in [0.2, 0.25) is 15.9 Å². The molecule has 1 aliphatic rings. The number of benzene rings is 1. The van der Waals surface area contributed by atoms with Gasteiger partial charge < -0.3 is 9.80 Å². The van der Waals surface area contributed by atoms with Crippen LogP contribution >= 0.6 is 11.6 Å². The van der Waals surface area contributed by atoms with Crippen LogP contribution in [-0.2, 0) is 14.8 Å². The molecule has 0 saturated carbocycles. The Kier molecular flexibility index (Phi) is 5.98. The number of carbonyl (C=O) groups excluding carboxylic acids is 1. The maximum atomic E-state index is 12.6. The van der Waals surface area contributed by atoms with E-state index in [1.54, 1.807) is 17.3 Å². The standard InChI is InChI=1S/C18H21ClN4O3S/c1-21(27(25,26)17-4-2-15(19)3-5-17)14-18(24)23-12-10-22(11-13-23)16-6-8-20-9-7-16/h2-9H,10-14H2,1H3. The van der Waals surface area contributed by atoms with Gasteiger partial charge in [-0.1, -0.05) is 11.6 Å². The highest BCUT2D eigenvalue weighted by Gasteiger charge is 2.27. The lowest BCUT2D eigenvalue weighted by Crippen LogP contribution is -2.51. The molecule has 9 heteroatoms. The first-order chi connectivity index (χ1) is 12.9. The molecule has 0 atom stereocenters. The number of halogens is 1. The smallest absolute Gasteiger partial charge is 0.243 e. The van der Waals surface area contributed by atoms with Crippen LogP contribution in [0, 0.1) is 0 Å². The molecule has 1 saturated heterocycles. The zero-order chi connectivity index (χ0) is 19.4. The second-order valence-corrected chi connectivity index (χ2v) is 8.77. The highest BCUT2D eigenvalue weighted by atomic mass is 35.5. The Morgan fingerprint density at radius 3 is 2.26 bits per heavy atom. The van der Waals surface area contributed by atoms with Gasteiger partial charge in [-0.25, -0.2) is 8.42 Å². The fourth-order valence-corrected chi connectivity index (χ4v) is 4.18. The molecule has 7 nitrogen and oxygen atoms in total. The Bertz CT molecular complexity index is 883. The Morgan fingerprint density at radius 1 is 1.07 bits per heavy atom. The van der Waals surface area contributed by atoms with E-state index < -0.39 is 10.0 Å². The molecule has 1 aliphatic heterocycles. The summed E-state index contributed by atoms with van der Waals surface area (Å²) in [5.41, 5.74) is 1.07. The SMILES string of the molecule is CN(CC(=O)N1CCN(c2ccncc2)CC1)S(=O)(=O)c1ccc(Cl)cc1. The first-order valence-corrected chi connectivity index (χ1v) is 10.3. The molecular weight excluding hydrogens is 388 g/mol. The van der Waals surface area contributed by atoms with Gasteiger partial charge in [-0.2, -0.15) is 4.31 Å². The van der Waals surface area contributed by atoms with Crippen molar-refractivity contribution in [3.8, 4) is 0 Å². The van der Waals surface area contributed by atoms with Gasteiger partial charge in [0.05, 0.1) is 11.4 Å². The van der Waals surface area contributed by atoms with Crippen molar-refractivity contribution in [1.29, 1.82) is 0 Å². The largest absolute Gasteiger partial charge is 0.368 e. The van der Waals surface area contributed by atoms with Gasteiger partial charge in [0.15, 0.2) is 0 Å². The molecule has 0 spiro atoms. The number of amides is 1. The molecule has 27 heavy (non-hydrogen) atoms. The number of hydrogen-bond acceptors (Lipinski definition) is 5. The summed E-state index contributed by atoms with van der Waals surface area (Å²) in [4.78, 5) is 20.6. The maximum Gasteiger partial charge on any atom is 0.243 e. The summed E-state index contributed by atoms with van der Waals surface area (Å²) in [5.74, 6) is -0.204. The van der Waals surface area contributed by atoms with E-state index in [0.29, 0.717) is 31.2 Å². The van der Waals surface area contributed by atoms with Crippen LogP contribution in [0.3, 0.4) is 0 Å². The summed E-state index contributed by atoms with van der Waals surface area (Å²) < 4.78 is 26.3. The number of rotatable bonds is 5. The van der Waals surface area contributed by atoms with Crippen molar-refractivity contribution in [3.05, 3.63) is 53.8 Å². The summed E-state index contributed by atoms with van der Waals surface area (Å²) in [7, 11) is -2.32. The van der Waals surface area contributed by atoms with Gasteiger partial charge in [0, 0.05) is 56.3 Å². The summed E-state index contributed by atoms with van der Waals surface area (Å²) >= 11 is 5.81. The van der Waals surface area contributed by atoms with E-state index in [-0.39, 0.29) is 17.3 Å². The van der Waals surface area contributed by atoms with E-state index in [1.807, 2.05) is 12.1 Å². The third-order valence-corrected chi connectivity index (χ3v) is 6.61. The van der Waals surface area contributed by atoms with E-state index in [1.165, 1.54) is 31.3 Å². The minimum Gasteiger partial charge on any atom is -0.368 e. The van der Waals surface area contributed by atoms with Crippen LogP contribution in [-0.4, -0.2) is 68.3 Å². The number of piperazine rings is 1. The third-order valence-electron chi connectivity index (χ3n) is 4.54. The van der Waals surface area contributed by atoms with Crippen LogP contribution in [0.2, 0.25) is 5.02 Å². The van der Waals surface area contributed by atoms with E-state index in [4.69, 9.17) is 11.6 Å². The number of hydrogen-bond donors (Lipinski definition) is 0. The summed E-state index contributed by atoms with van der Waals surface area (Å²) in [6.45, 7) is 2.30. The van der Waals surface area contributed by atoms with Gasteiger partial charge in [0.1, 0.15) is 0 Å². The van der Waals surface area contributed by atoms with Crippen LogP contribution in [0.15, 0.2) is 53.7 Å². The van der Waals surface area contributed by atoms with E-state index >= 15 is 0 Å². The zero-order valence-corrected chi connectivity index (χ0v) is 16.5. The molecule has 1 aromatic heterocycles. The molecule has 0 radical (unpaired) electrons. The average molecular weight is 409 g/mol. The fraction of sp³-hybridized carbons (Fsp3) is 0.333. The number of anilines is 1. The molecule has 0 N–H and O–H groups in total. The minimum absolute atomic E-state index is 0.115. The number of pyridine rings is 1. The van der Waals surface area contributed by atoms with Gasteiger partial charge in [-0.3, -0.25) is 9.78 Å². The van der Waals surface area contributed by atoms with E-state index in [0.717, 1.165) is 9.99 Å². The molecule has 2 aromatic rings. The Morgan fingerprint density at radius 2 is 1.67 bits per heavy atom. The molecule has 0 aliphatic carbocycles. The van der Waals surface area contributed by atoms with Crippen molar-refractivity contribution in [3.63, 3.8) is 0 Å². The van der Waals surface area contributed by atoms with E-state index in [9.17, 15) is 13.2 Å². The van der Waals surface area contributed by atoms with Crippen molar-refractivity contribution in [2.45, 2.75) is 4.90 Å². The Balaban J connectivity index is 1.58. The molecule has 1 aromatic carbocycles. The summed E-state index contributed by atoms with van der Waals surface area (Å²) in [5, 5.41) is 0.458. The lowest BCUT2D eigenvalue weighted by Gasteiger charge is -2.36. The zero-order valence-electron chi connectivity index (χ0n) is 15.0. The van der Waals surface area contributed by atoms with Gasteiger partial charge >= 0.3 is 0 Å². The van der Waals surface area contributed by atoms with Crippen molar-refractivity contribution in [1.82, 2.24) is 14.2 Å². The quantitative estimate of drug-likeness (QED) is 0.752. The molecule has 2 heterocycles. The Labute approximate surface area is 164 Å². The predicted octanol–water partition coefficient (Wildman–Crippen LogP) is 1.70. The number of carbonyl (C=O) groups is 1. The van der Waals surface area contributed by atoms with Gasteiger partial charge in [0.25, 0.3) is 0 Å². The first-order valence-electron chi connectivity index (χ1n) is 8.52. The highest BCUT2D eigenvalue weighted by molar-refractivity contribution is 7.89. The van der Waals surface area contributed by atoms with Crippen molar-refractivity contribution >= 4 is 33.2 Å². The topological polar surface area (TPSA) is 73.8 Å². The van der Waals surface area contributed by atoms with Gasteiger partial charge in [-0.05, 0) is 36.4 Å². The summed E-state index contributed by atoms with van der Waals surface area (Å²) in [6.07, 6.45) is 3.48. The maximum absolute atomic E-state index is 12.6. The van der Waals surface area contributed by atoms with Crippen molar-refractivity contribution in [2.24, 2.45) is 0 Å². The van der Waals surface area contributed by atoms with Crippen LogP contribution in [0.5, 0.6) is 0 Å². The normalized spacial score (nSPS) is 15.2. The van der Waals surface area contributed by atoms with Crippen molar-refractivity contribution in [2.75, 3.05) is 44.7 Å². The number of sulfonamides is 1. The van der Waals surface area contributed by atoms with Gasteiger partial charge in [-0.15, -0.1) is 0 Å². The molecule has 1 fully saturated rings. The second-order valence-electron chi connectivity index (χ2n) is 6.29. The molecule has 0 bridgehead atoms. The number of aromatic nitrogens is 1. The molecule has 0 unspecified atom stereocenters. The molecule has 144 valence electrons. The van der Waals surface area contributed by atoms with Crippen LogP contribution < -0.4 is 4.90 Å². The van der Waals surface area contributed by atoms with Crippen LogP contribution in [0.25, 0.3) is 0 Å². The lowest BCUT2D eigenvalue weighted by molar-refractivity contribution is -0.131. The van der Waals surface area contributed by atoms with Crippen LogP contribution in [0.1, 0.15) is 0 Å². The monoisotopic (exact) mass is 408 g/mol. The molecule has 3 rings (SSSR count). The predicted molar refractivity (Wildman–Crippen MR) is 104 cm³/mol. The lowest BCUT2D eigenvalue weighted by atomic mass is 10.2. The fourth-order valence-electron chi connectivity index (χ4n) is 2.93. The first kappa shape index (κ1) is 19.6. The minimum atomic E-state index is -3.73. The van der Waals surface area contributed by atoms with Crippen LogP contribution in [0.4, 0.5) is 5.69 Å². The molecule has 1 amide bonds. The average Bonchev–Trinajstić information content (AvgIpc) is 2.69.